The number of anilines is 1. The lowest BCUT2D eigenvalue weighted by molar-refractivity contribution is -0.0498. The zero-order chi connectivity index (χ0) is 15.2. The fourth-order valence-electron chi connectivity index (χ4n) is 1.67. The Kier molecular flexibility index (Phi) is 4.71. The molecule has 2 rings (SSSR count). The van der Waals surface area contributed by atoms with E-state index in [0.29, 0.717) is 17.0 Å². The van der Waals surface area contributed by atoms with E-state index in [4.69, 9.17) is 4.74 Å². The van der Waals surface area contributed by atoms with Gasteiger partial charge in [-0.2, -0.15) is 8.78 Å². The smallest absolute Gasteiger partial charge is 0.387 e. The topological polar surface area (TPSA) is 47.6 Å². The number of nitrogens with one attached hydrogen (secondary N) is 1. The SMILES string of the molecule is COc1ccc(NC(=O)c2ccc(OC(F)F)cc2)cc1. The molecule has 0 atom stereocenters. The molecular weight excluding hydrogens is 280 g/mol. The lowest BCUT2D eigenvalue weighted by Crippen LogP contribution is -2.11. The minimum absolute atomic E-state index is 0.00555. The molecule has 0 fully saturated rings. The summed E-state index contributed by atoms with van der Waals surface area (Å²) in [4.78, 5) is 12.0. The molecule has 0 radical (unpaired) electrons. The maximum atomic E-state index is 12.0. The Morgan fingerprint density at radius 3 is 2.10 bits per heavy atom. The number of hydrogen-bond acceptors (Lipinski definition) is 3. The highest BCUT2D eigenvalue weighted by Crippen LogP contribution is 2.18. The number of methoxy groups -OCH3 is 1. The first-order chi connectivity index (χ1) is 10.1. The number of rotatable bonds is 5. The van der Waals surface area contributed by atoms with Crippen LogP contribution in [-0.4, -0.2) is 19.6 Å². The Labute approximate surface area is 120 Å². The summed E-state index contributed by atoms with van der Waals surface area (Å²) in [6.45, 7) is -2.89. The Bertz CT molecular complexity index is 597. The van der Waals surface area contributed by atoms with Gasteiger partial charge >= 0.3 is 6.61 Å². The fourth-order valence-corrected chi connectivity index (χ4v) is 1.67. The van der Waals surface area contributed by atoms with E-state index < -0.39 is 6.61 Å². The van der Waals surface area contributed by atoms with Gasteiger partial charge in [-0.1, -0.05) is 0 Å². The van der Waals surface area contributed by atoms with Gasteiger partial charge in [-0.3, -0.25) is 4.79 Å². The molecule has 0 aromatic heterocycles. The fraction of sp³-hybridized carbons (Fsp3) is 0.133. The molecule has 110 valence electrons. The standard InChI is InChI=1S/C15H13F2NO3/c1-20-12-8-4-11(5-9-12)18-14(19)10-2-6-13(7-3-10)21-15(16)17/h2-9,15H,1H3,(H,18,19). The lowest BCUT2D eigenvalue weighted by Gasteiger charge is -2.07. The normalized spacial score (nSPS) is 10.3. The van der Waals surface area contributed by atoms with Crippen molar-refractivity contribution in [1.82, 2.24) is 0 Å². The van der Waals surface area contributed by atoms with E-state index in [1.807, 2.05) is 0 Å². The molecule has 2 aromatic rings. The van der Waals surface area contributed by atoms with Crippen molar-refractivity contribution < 1.29 is 23.0 Å². The van der Waals surface area contributed by atoms with Crippen LogP contribution in [0.2, 0.25) is 0 Å². The van der Waals surface area contributed by atoms with Gasteiger partial charge in [0.05, 0.1) is 7.11 Å². The first-order valence-electron chi connectivity index (χ1n) is 6.09. The van der Waals surface area contributed by atoms with E-state index in [1.165, 1.54) is 24.3 Å². The summed E-state index contributed by atoms with van der Waals surface area (Å²) in [5.74, 6) is 0.344. The van der Waals surface area contributed by atoms with Gasteiger partial charge in [0.1, 0.15) is 11.5 Å². The van der Waals surface area contributed by atoms with Gasteiger partial charge in [0, 0.05) is 11.3 Å². The Morgan fingerprint density at radius 2 is 1.57 bits per heavy atom. The molecular formula is C15H13F2NO3. The van der Waals surface area contributed by atoms with Crippen LogP contribution >= 0.6 is 0 Å². The summed E-state index contributed by atoms with van der Waals surface area (Å²) in [6, 6.07) is 12.3. The zero-order valence-electron chi connectivity index (χ0n) is 11.2. The van der Waals surface area contributed by atoms with Crippen LogP contribution < -0.4 is 14.8 Å². The van der Waals surface area contributed by atoms with Crippen molar-refractivity contribution in [3.8, 4) is 11.5 Å². The first-order valence-corrected chi connectivity index (χ1v) is 6.09. The second kappa shape index (κ2) is 6.69. The van der Waals surface area contributed by atoms with Crippen molar-refractivity contribution in [3.63, 3.8) is 0 Å². The van der Waals surface area contributed by atoms with Crippen molar-refractivity contribution in [1.29, 1.82) is 0 Å². The van der Waals surface area contributed by atoms with Gasteiger partial charge in [0.15, 0.2) is 0 Å². The average Bonchev–Trinajstić information content (AvgIpc) is 2.48. The molecule has 6 heteroatoms. The molecule has 0 bridgehead atoms. The van der Waals surface area contributed by atoms with Gasteiger partial charge in [0.25, 0.3) is 5.91 Å². The monoisotopic (exact) mass is 293 g/mol. The molecule has 0 aliphatic carbocycles. The van der Waals surface area contributed by atoms with Crippen LogP contribution in [0, 0.1) is 0 Å². The highest BCUT2D eigenvalue weighted by Gasteiger charge is 2.08. The van der Waals surface area contributed by atoms with Crippen LogP contribution in [0.1, 0.15) is 10.4 Å². The highest BCUT2D eigenvalue weighted by atomic mass is 19.3. The molecule has 0 aliphatic heterocycles. The Hall–Kier alpha value is -2.63. The number of amides is 1. The summed E-state index contributed by atoms with van der Waals surface area (Å²) in [5.41, 5.74) is 0.946. The molecule has 0 unspecified atom stereocenters. The van der Waals surface area contributed by atoms with Crippen LogP contribution in [-0.2, 0) is 0 Å². The third kappa shape index (κ3) is 4.17. The molecule has 0 spiro atoms. The van der Waals surface area contributed by atoms with E-state index in [9.17, 15) is 13.6 Å². The number of benzene rings is 2. The Morgan fingerprint density at radius 1 is 1.00 bits per heavy atom. The maximum Gasteiger partial charge on any atom is 0.387 e. The second-order valence-corrected chi connectivity index (χ2v) is 4.09. The molecule has 1 amide bonds. The number of hydrogen-bond donors (Lipinski definition) is 1. The molecule has 0 saturated heterocycles. The molecule has 0 heterocycles. The van der Waals surface area contributed by atoms with Crippen LogP contribution in [0.5, 0.6) is 11.5 Å². The predicted octanol–water partition coefficient (Wildman–Crippen LogP) is 3.55. The van der Waals surface area contributed by atoms with Crippen molar-refractivity contribution >= 4 is 11.6 Å². The van der Waals surface area contributed by atoms with Crippen LogP contribution in [0.3, 0.4) is 0 Å². The van der Waals surface area contributed by atoms with Gasteiger partial charge in [0.2, 0.25) is 0 Å². The summed E-state index contributed by atoms with van der Waals surface area (Å²) in [6.07, 6.45) is 0. The predicted molar refractivity (Wildman–Crippen MR) is 74.0 cm³/mol. The summed E-state index contributed by atoms with van der Waals surface area (Å²) in [5, 5.41) is 2.69. The van der Waals surface area contributed by atoms with Gasteiger partial charge in [-0.25, -0.2) is 0 Å². The van der Waals surface area contributed by atoms with Crippen molar-refractivity contribution in [2.45, 2.75) is 6.61 Å². The van der Waals surface area contributed by atoms with Crippen molar-refractivity contribution in [3.05, 3.63) is 54.1 Å². The number of carbonyl (C=O) groups is 1. The maximum absolute atomic E-state index is 12.0. The zero-order valence-corrected chi connectivity index (χ0v) is 11.2. The number of ether oxygens (including phenoxy) is 2. The summed E-state index contributed by atoms with van der Waals surface area (Å²) in [7, 11) is 1.55. The van der Waals surface area contributed by atoms with Crippen molar-refractivity contribution in [2.24, 2.45) is 0 Å². The second-order valence-electron chi connectivity index (χ2n) is 4.09. The van der Waals surface area contributed by atoms with E-state index in [1.54, 1.807) is 31.4 Å². The van der Waals surface area contributed by atoms with Crippen molar-refractivity contribution in [2.75, 3.05) is 12.4 Å². The van der Waals surface area contributed by atoms with Gasteiger partial charge in [-0.05, 0) is 48.5 Å². The quantitative estimate of drug-likeness (QED) is 0.917. The van der Waals surface area contributed by atoms with E-state index in [-0.39, 0.29) is 11.7 Å². The average molecular weight is 293 g/mol. The third-order valence-electron chi connectivity index (χ3n) is 2.69. The van der Waals surface area contributed by atoms with E-state index in [0.717, 1.165) is 0 Å². The summed E-state index contributed by atoms with van der Waals surface area (Å²) >= 11 is 0. The van der Waals surface area contributed by atoms with Gasteiger partial charge in [-0.15, -0.1) is 0 Å². The third-order valence-corrected chi connectivity index (χ3v) is 2.69. The molecule has 4 nitrogen and oxygen atoms in total. The molecule has 0 aliphatic rings. The van der Waals surface area contributed by atoms with Gasteiger partial charge < -0.3 is 14.8 Å². The molecule has 2 aromatic carbocycles. The summed E-state index contributed by atoms with van der Waals surface area (Å²) < 4.78 is 33.3. The molecule has 1 N–H and O–H groups in total. The minimum Gasteiger partial charge on any atom is -0.497 e. The molecule has 0 saturated carbocycles. The van der Waals surface area contributed by atoms with Crippen LogP contribution in [0.25, 0.3) is 0 Å². The Balaban J connectivity index is 2.02. The lowest BCUT2D eigenvalue weighted by atomic mass is 10.2. The number of carbonyl (C=O) groups excluding carboxylic acids is 1. The minimum atomic E-state index is -2.89. The van der Waals surface area contributed by atoms with E-state index in [2.05, 4.69) is 10.1 Å². The molecule has 21 heavy (non-hydrogen) atoms. The van der Waals surface area contributed by atoms with Crippen LogP contribution in [0.15, 0.2) is 48.5 Å². The largest absolute Gasteiger partial charge is 0.497 e. The highest BCUT2D eigenvalue weighted by molar-refractivity contribution is 6.04. The number of alkyl halides is 2. The van der Waals surface area contributed by atoms with Crippen LogP contribution in [0.4, 0.5) is 14.5 Å². The van der Waals surface area contributed by atoms with E-state index >= 15 is 0 Å². The first kappa shape index (κ1) is 14.8. The number of halogens is 2.